The Morgan fingerprint density at radius 1 is 1.16 bits per heavy atom. The third-order valence-electron chi connectivity index (χ3n) is 3.41. The van der Waals surface area contributed by atoms with Crippen LogP contribution in [0.25, 0.3) is 0 Å². The summed E-state index contributed by atoms with van der Waals surface area (Å²) in [6.45, 7) is 1.41. The summed E-state index contributed by atoms with van der Waals surface area (Å²) in [5.74, 6) is -0.745. The first-order chi connectivity index (χ1) is 11.8. The van der Waals surface area contributed by atoms with Gasteiger partial charge in [0.25, 0.3) is 5.69 Å². The molecule has 2 rings (SSSR count). The van der Waals surface area contributed by atoms with Crippen molar-refractivity contribution in [3.8, 4) is 5.75 Å². The van der Waals surface area contributed by atoms with Crippen LogP contribution in [-0.2, 0) is 4.74 Å². The number of ether oxygens (including phenoxy) is 2. The Labute approximate surface area is 148 Å². The number of nitrogens with zero attached hydrogens (tertiary/aromatic N) is 1. The maximum atomic E-state index is 12.3. The van der Waals surface area contributed by atoms with Gasteiger partial charge in [-0.25, -0.2) is 4.79 Å². The molecule has 7 nitrogen and oxygen atoms in total. The van der Waals surface area contributed by atoms with Crippen LogP contribution in [0.15, 0.2) is 42.5 Å². The number of rotatable bonds is 6. The molecule has 0 saturated carbocycles. The summed E-state index contributed by atoms with van der Waals surface area (Å²) in [7, 11) is 1.50. The van der Waals surface area contributed by atoms with Gasteiger partial charge in [-0.05, 0) is 37.3 Å². The standard InChI is InChI=1S/C17H14ClNO6/c1-10(16(20)11-3-6-13(24-2)7-4-11)25-17(21)14-9-12(19(22)23)5-8-15(14)18/h3-10H,1-2H3/t10-/m1/s1. The van der Waals surface area contributed by atoms with Gasteiger partial charge in [-0.15, -0.1) is 0 Å². The predicted octanol–water partition coefficient (Wildman–Crippen LogP) is 3.69. The Morgan fingerprint density at radius 3 is 2.36 bits per heavy atom. The van der Waals surface area contributed by atoms with Gasteiger partial charge in [0.15, 0.2) is 6.10 Å². The fourth-order valence-corrected chi connectivity index (χ4v) is 2.25. The fourth-order valence-electron chi connectivity index (χ4n) is 2.05. The summed E-state index contributed by atoms with van der Waals surface area (Å²) < 4.78 is 10.1. The van der Waals surface area contributed by atoms with Crippen LogP contribution >= 0.6 is 11.6 Å². The quantitative estimate of drug-likeness (QED) is 0.336. The minimum Gasteiger partial charge on any atom is -0.497 e. The lowest BCUT2D eigenvalue weighted by molar-refractivity contribution is -0.384. The molecule has 25 heavy (non-hydrogen) atoms. The third-order valence-corrected chi connectivity index (χ3v) is 3.74. The van der Waals surface area contributed by atoms with Crippen LogP contribution in [-0.4, -0.2) is 29.9 Å². The Hall–Kier alpha value is -2.93. The third kappa shape index (κ3) is 4.33. The van der Waals surface area contributed by atoms with Crippen LogP contribution in [0.4, 0.5) is 5.69 Å². The normalized spacial score (nSPS) is 11.5. The molecule has 0 heterocycles. The van der Waals surface area contributed by atoms with Gasteiger partial charge in [0, 0.05) is 17.7 Å². The molecule has 0 aliphatic rings. The molecule has 130 valence electrons. The van der Waals surface area contributed by atoms with Gasteiger partial charge in [0.2, 0.25) is 5.78 Å². The number of non-ortho nitro benzene ring substituents is 1. The maximum absolute atomic E-state index is 12.3. The number of carbonyl (C=O) groups is 2. The Balaban J connectivity index is 2.15. The number of halogens is 1. The van der Waals surface area contributed by atoms with Crippen molar-refractivity contribution < 1.29 is 24.0 Å². The molecule has 2 aromatic rings. The summed E-state index contributed by atoms with van der Waals surface area (Å²) in [5, 5.41) is 10.8. The first kappa shape index (κ1) is 18.4. The zero-order valence-corrected chi connectivity index (χ0v) is 14.1. The second-order valence-electron chi connectivity index (χ2n) is 5.06. The van der Waals surface area contributed by atoms with E-state index in [1.807, 2.05) is 0 Å². The monoisotopic (exact) mass is 363 g/mol. The largest absolute Gasteiger partial charge is 0.497 e. The molecule has 0 radical (unpaired) electrons. The molecule has 1 atom stereocenters. The summed E-state index contributed by atoms with van der Waals surface area (Å²) in [5.41, 5.74) is -0.137. The fraction of sp³-hybridized carbons (Fsp3) is 0.176. The van der Waals surface area contributed by atoms with Gasteiger partial charge in [-0.1, -0.05) is 11.6 Å². The highest BCUT2D eigenvalue weighted by atomic mass is 35.5. The highest BCUT2D eigenvalue weighted by Gasteiger charge is 2.23. The van der Waals surface area contributed by atoms with Gasteiger partial charge < -0.3 is 9.47 Å². The SMILES string of the molecule is COc1ccc(C(=O)[C@@H](C)OC(=O)c2cc([N+](=O)[O-])ccc2Cl)cc1. The average molecular weight is 364 g/mol. The van der Waals surface area contributed by atoms with Crippen molar-refractivity contribution in [2.45, 2.75) is 13.0 Å². The molecule has 0 saturated heterocycles. The Bertz CT molecular complexity index is 818. The first-order valence-electron chi connectivity index (χ1n) is 7.16. The summed E-state index contributed by atoms with van der Waals surface area (Å²) in [6.07, 6.45) is -1.09. The Kier molecular flexibility index (Phi) is 5.71. The van der Waals surface area contributed by atoms with E-state index in [4.69, 9.17) is 21.1 Å². The van der Waals surface area contributed by atoms with Crippen LogP contribution in [0.2, 0.25) is 5.02 Å². The average Bonchev–Trinajstić information content (AvgIpc) is 2.61. The maximum Gasteiger partial charge on any atom is 0.340 e. The number of hydrogen-bond acceptors (Lipinski definition) is 6. The van der Waals surface area contributed by atoms with Crippen molar-refractivity contribution in [1.29, 1.82) is 0 Å². The van der Waals surface area contributed by atoms with Gasteiger partial charge >= 0.3 is 5.97 Å². The van der Waals surface area contributed by atoms with Gasteiger partial charge in [0.1, 0.15) is 5.75 Å². The molecule has 0 N–H and O–H groups in total. The van der Waals surface area contributed by atoms with Crippen LogP contribution < -0.4 is 4.74 Å². The van der Waals surface area contributed by atoms with E-state index in [9.17, 15) is 19.7 Å². The molecule has 8 heteroatoms. The van der Waals surface area contributed by atoms with E-state index < -0.39 is 22.8 Å². The minimum absolute atomic E-state index is 0.000281. The van der Waals surface area contributed by atoms with E-state index in [0.717, 1.165) is 6.07 Å². The minimum atomic E-state index is -1.09. The highest BCUT2D eigenvalue weighted by Crippen LogP contribution is 2.23. The second kappa shape index (κ2) is 7.76. The van der Waals surface area contributed by atoms with E-state index in [-0.39, 0.29) is 16.3 Å². The molecule has 2 aromatic carbocycles. The van der Waals surface area contributed by atoms with Crippen molar-refractivity contribution in [2.24, 2.45) is 0 Å². The molecule has 0 aliphatic carbocycles. The van der Waals surface area contributed by atoms with Crippen molar-refractivity contribution in [2.75, 3.05) is 7.11 Å². The molecule has 0 aromatic heterocycles. The topological polar surface area (TPSA) is 95.7 Å². The number of esters is 1. The van der Waals surface area contributed by atoms with Crippen molar-refractivity contribution in [3.63, 3.8) is 0 Å². The van der Waals surface area contributed by atoms with E-state index >= 15 is 0 Å². The molecule has 0 amide bonds. The summed E-state index contributed by atoms with van der Waals surface area (Å²) in [6, 6.07) is 9.72. The molecular formula is C17H14ClNO6. The molecule has 0 spiro atoms. The second-order valence-corrected chi connectivity index (χ2v) is 5.47. The smallest absolute Gasteiger partial charge is 0.340 e. The molecule has 0 unspecified atom stereocenters. The lowest BCUT2D eigenvalue weighted by Gasteiger charge is -2.13. The van der Waals surface area contributed by atoms with Crippen LogP contribution in [0.5, 0.6) is 5.75 Å². The number of nitro benzene ring substituents is 1. The molecule has 0 bridgehead atoms. The number of benzene rings is 2. The number of methoxy groups -OCH3 is 1. The van der Waals surface area contributed by atoms with Crippen LogP contribution in [0, 0.1) is 10.1 Å². The number of nitro groups is 1. The van der Waals surface area contributed by atoms with Gasteiger partial charge in [-0.3, -0.25) is 14.9 Å². The first-order valence-corrected chi connectivity index (χ1v) is 7.54. The van der Waals surface area contributed by atoms with Crippen LogP contribution in [0.3, 0.4) is 0 Å². The number of hydrogen-bond donors (Lipinski definition) is 0. The summed E-state index contributed by atoms with van der Waals surface area (Å²) in [4.78, 5) is 34.6. The van der Waals surface area contributed by atoms with Crippen LogP contribution in [0.1, 0.15) is 27.6 Å². The molecule has 0 fully saturated rings. The number of ketones is 1. The van der Waals surface area contributed by atoms with E-state index in [2.05, 4.69) is 0 Å². The molecule has 0 aliphatic heterocycles. The zero-order chi connectivity index (χ0) is 18.6. The van der Waals surface area contributed by atoms with Crippen molar-refractivity contribution in [1.82, 2.24) is 0 Å². The van der Waals surface area contributed by atoms with Gasteiger partial charge in [-0.2, -0.15) is 0 Å². The van der Waals surface area contributed by atoms with E-state index in [1.54, 1.807) is 24.3 Å². The zero-order valence-electron chi connectivity index (χ0n) is 13.4. The Morgan fingerprint density at radius 2 is 1.80 bits per heavy atom. The lowest BCUT2D eigenvalue weighted by atomic mass is 10.1. The highest BCUT2D eigenvalue weighted by molar-refractivity contribution is 6.33. The predicted molar refractivity (Wildman–Crippen MR) is 90.3 cm³/mol. The van der Waals surface area contributed by atoms with E-state index in [0.29, 0.717) is 11.3 Å². The molecular weight excluding hydrogens is 350 g/mol. The van der Waals surface area contributed by atoms with Crippen molar-refractivity contribution in [3.05, 3.63) is 68.7 Å². The lowest BCUT2D eigenvalue weighted by Crippen LogP contribution is -2.24. The number of Topliss-reactive ketones (excluding diaryl/α,β-unsaturated/α-hetero) is 1. The number of carbonyl (C=O) groups excluding carboxylic acids is 2. The van der Waals surface area contributed by atoms with Crippen molar-refractivity contribution >= 4 is 29.0 Å². The summed E-state index contributed by atoms with van der Waals surface area (Å²) >= 11 is 5.89. The van der Waals surface area contributed by atoms with E-state index in [1.165, 1.54) is 26.2 Å². The van der Waals surface area contributed by atoms with Gasteiger partial charge in [0.05, 0.1) is 22.6 Å².